The number of benzene rings is 2. The van der Waals surface area contributed by atoms with Crippen LogP contribution in [0.1, 0.15) is 29.3 Å². The minimum atomic E-state index is -0.434. The lowest BCUT2D eigenvalue weighted by atomic mass is 10.1. The summed E-state index contributed by atoms with van der Waals surface area (Å²) < 4.78 is 15.3. The van der Waals surface area contributed by atoms with Gasteiger partial charge >= 0.3 is 5.97 Å². The fourth-order valence-corrected chi connectivity index (χ4v) is 4.03. The Bertz CT molecular complexity index is 1140. The van der Waals surface area contributed by atoms with Crippen LogP contribution in [0, 0.1) is 0 Å². The zero-order chi connectivity index (χ0) is 26.8. The van der Waals surface area contributed by atoms with Crippen LogP contribution >= 0.6 is 11.6 Å². The molecule has 0 bridgehead atoms. The average molecular weight is 532 g/mol. The number of para-hydroxylation sites is 1. The summed E-state index contributed by atoms with van der Waals surface area (Å²) in [5.41, 5.74) is 1.59. The molecule has 2 aromatic rings. The Morgan fingerprint density at radius 1 is 1.05 bits per heavy atom. The van der Waals surface area contributed by atoms with Crippen LogP contribution in [0.25, 0.3) is 0 Å². The number of anilines is 1. The second-order valence-corrected chi connectivity index (χ2v) is 8.67. The van der Waals surface area contributed by atoms with Crippen molar-refractivity contribution in [3.8, 4) is 5.75 Å². The van der Waals surface area contributed by atoms with Crippen molar-refractivity contribution in [3.05, 3.63) is 58.6 Å². The molecule has 2 aromatic carbocycles. The molecule has 37 heavy (non-hydrogen) atoms. The summed E-state index contributed by atoms with van der Waals surface area (Å²) in [7, 11) is 1.55. The molecule has 1 N–H and O–H groups in total. The Hall–Kier alpha value is -3.63. The van der Waals surface area contributed by atoms with E-state index in [0.717, 1.165) is 5.56 Å². The Balaban J connectivity index is 1.72. The van der Waals surface area contributed by atoms with Crippen molar-refractivity contribution in [3.63, 3.8) is 0 Å². The highest BCUT2D eigenvalue weighted by Crippen LogP contribution is 2.30. The van der Waals surface area contributed by atoms with E-state index in [1.807, 2.05) is 12.1 Å². The number of hydrogen-bond acceptors (Lipinski definition) is 7. The van der Waals surface area contributed by atoms with E-state index in [-0.39, 0.29) is 61.7 Å². The molecule has 0 saturated heterocycles. The van der Waals surface area contributed by atoms with Gasteiger partial charge < -0.3 is 24.4 Å². The molecule has 0 unspecified atom stereocenters. The maximum atomic E-state index is 13.5. The van der Waals surface area contributed by atoms with Gasteiger partial charge in [0.1, 0.15) is 25.5 Å². The molecule has 0 spiro atoms. The third-order valence-electron chi connectivity index (χ3n) is 5.60. The summed E-state index contributed by atoms with van der Waals surface area (Å²) in [6, 6.07) is 11.9. The first kappa shape index (κ1) is 27.9. The van der Waals surface area contributed by atoms with E-state index >= 15 is 0 Å². The van der Waals surface area contributed by atoms with E-state index in [1.54, 1.807) is 30.2 Å². The van der Waals surface area contributed by atoms with Gasteiger partial charge in [0.2, 0.25) is 11.8 Å². The molecule has 1 heterocycles. The molecular weight excluding hydrogens is 502 g/mol. The van der Waals surface area contributed by atoms with Crippen molar-refractivity contribution in [1.82, 2.24) is 10.2 Å². The van der Waals surface area contributed by atoms with Crippen molar-refractivity contribution in [2.45, 2.75) is 19.9 Å². The molecule has 0 atom stereocenters. The number of hydrogen-bond donors (Lipinski definition) is 1. The molecule has 0 saturated carbocycles. The second-order valence-electron chi connectivity index (χ2n) is 8.26. The number of halogens is 1. The lowest BCUT2D eigenvalue weighted by Crippen LogP contribution is -2.41. The fraction of sp³-hybridized carbons (Fsp3) is 0.385. The Morgan fingerprint density at radius 2 is 1.84 bits per heavy atom. The summed E-state index contributed by atoms with van der Waals surface area (Å²) >= 11 is 6.41. The van der Waals surface area contributed by atoms with Gasteiger partial charge in [-0.25, -0.2) is 0 Å². The van der Waals surface area contributed by atoms with E-state index in [2.05, 4.69) is 5.32 Å². The standard InChI is InChI=1S/C26H30ClN3O7/c1-18(31)36-13-14-37-20-7-8-21(22(27)15-20)26(34)30-17-25(33)29(11-9-24(32)28-10-12-35-2)16-19-5-3-4-6-23(19)30/h3-8,15H,9-14,16-17H2,1-2H3,(H,28,32). The maximum Gasteiger partial charge on any atom is 0.302 e. The molecule has 3 amide bonds. The average Bonchev–Trinajstić information content (AvgIpc) is 3.01. The number of fused-ring (bicyclic) bond motifs is 1. The quantitative estimate of drug-likeness (QED) is 0.350. The molecule has 3 rings (SSSR count). The van der Waals surface area contributed by atoms with Gasteiger partial charge in [0.25, 0.3) is 5.91 Å². The Morgan fingerprint density at radius 3 is 2.57 bits per heavy atom. The van der Waals surface area contributed by atoms with Crippen LogP contribution in [-0.2, 0) is 30.4 Å². The number of methoxy groups -OCH3 is 1. The third kappa shape index (κ3) is 7.93. The van der Waals surface area contributed by atoms with Crippen LogP contribution < -0.4 is 15.0 Å². The third-order valence-corrected chi connectivity index (χ3v) is 5.91. The normalized spacial score (nSPS) is 13.0. The predicted molar refractivity (Wildman–Crippen MR) is 137 cm³/mol. The minimum absolute atomic E-state index is 0.0889. The highest BCUT2D eigenvalue weighted by Gasteiger charge is 2.30. The molecule has 1 aliphatic heterocycles. The van der Waals surface area contributed by atoms with Crippen LogP contribution in [0.3, 0.4) is 0 Å². The van der Waals surface area contributed by atoms with Crippen LogP contribution in [0.15, 0.2) is 42.5 Å². The smallest absolute Gasteiger partial charge is 0.302 e. The number of nitrogens with zero attached hydrogens (tertiary/aromatic N) is 2. The van der Waals surface area contributed by atoms with E-state index in [4.69, 9.17) is 25.8 Å². The maximum absolute atomic E-state index is 13.5. The molecule has 0 aromatic heterocycles. The van der Waals surface area contributed by atoms with Gasteiger partial charge in [-0.2, -0.15) is 0 Å². The molecule has 0 radical (unpaired) electrons. The number of rotatable bonds is 11. The molecular formula is C26H30ClN3O7. The van der Waals surface area contributed by atoms with Gasteiger partial charge in [-0.3, -0.25) is 24.1 Å². The van der Waals surface area contributed by atoms with Gasteiger partial charge in [0.05, 0.1) is 17.2 Å². The summed E-state index contributed by atoms with van der Waals surface area (Å²) in [4.78, 5) is 52.6. The van der Waals surface area contributed by atoms with E-state index in [9.17, 15) is 19.2 Å². The van der Waals surface area contributed by atoms with Gasteiger partial charge in [-0.15, -0.1) is 0 Å². The van der Waals surface area contributed by atoms with E-state index in [1.165, 1.54) is 24.0 Å². The SMILES string of the molecule is COCCNC(=O)CCN1Cc2ccccc2N(C(=O)c2ccc(OCCOC(C)=O)cc2Cl)CC1=O. The molecule has 0 fully saturated rings. The van der Waals surface area contributed by atoms with Crippen LogP contribution in [0.4, 0.5) is 5.69 Å². The molecule has 198 valence electrons. The first-order valence-electron chi connectivity index (χ1n) is 11.8. The molecule has 0 aliphatic carbocycles. The first-order valence-corrected chi connectivity index (χ1v) is 12.2. The molecule has 1 aliphatic rings. The van der Waals surface area contributed by atoms with Crippen molar-refractivity contribution in [2.24, 2.45) is 0 Å². The zero-order valence-electron chi connectivity index (χ0n) is 20.8. The van der Waals surface area contributed by atoms with Crippen molar-refractivity contribution < 1.29 is 33.4 Å². The fourth-order valence-electron chi connectivity index (χ4n) is 3.77. The van der Waals surface area contributed by atoms with Crippen molar-refractivity contribution in [1.29, 1.82) is 0 Å². The van der Waals surface area contributed by atoms with Gasteiger partial charge in [-0.05, 0) is 29.8 Å². The van der Waals surface area contributed by atoms with Crippen molar-refractivity contribution >= 4 is 41.0 Å². The summed E-state index contributed by atoms with van der Waals surface area (Å²) in [5.74, 6) is -0.890. The lowest BCUT2D eigenvalue weighted by Gasteiger charge is -2.23. The zero-order valence-corrected chi connectivity index (χ0v) is 21.6. The number of ether oxygens (including phenoxy) is 3. The van der Waals surface area contributed by atoms with E-state index in [0.29, 0.717) is 24.6 Å². The van der Waals surface area contributed by atoms with Crippen LogP contribution in [-0.4, -0.2) is 75.2 Å². The number of nitrogens with one attached hydrogen (secondary N) is 1. The predicted octanol–water partition coefficient (Wildman–Crippen LogP) is 2.42. The topological polar surface area (TPSA) is 114 Å². The highest BCUT2D eigenvalue weighted by molar-refractivity contribution is 6.34. The first-order chi connectivity index (χ1) is 17.8. The minimum Gasteiger partial charge on any atom is -0.490 e. The number of carbonyl (C=O) groups excluding carboxylic acids is 4. The van der Waals surface area contributed by atoms with Crippen molar-refractivity contribution in [2.75, 3.05) is 51.5 Å². The summed E-state index contributed by atoms with van der Waals surface area (Å²) in [6.07, 6.45) is 0.135. The van der Waals surface area contributed by atoms with Gasteiger partial charge in [-0.1, -0.05) is 29.8 Å². The number of esters is 1. The molecule has 11 heteroatoms. The highest BCUT2D eigenvalue weighted by atomic mass is 35.5. The number of amides is 3. The lowest BCUT2D eigenvalue weighted by molar-refractivity contribution is -0.141. The molecule has 10 nitrogen and oxygen atoms in total. The van der Waals surface area contributed by atoms with Crippen LogP contribution in [0.5, 0.6) is 5.75 Å². The van der Waals surface area contributed by atoms with Gasteiger partial charge in [0, 0.05) is 45.8 Å². The second kappa shape index (κ2) is 13.6. The largest absolute Gasteiger partial charge is 0.490 e. The van der Waals surface area contributed by atoms with E-state index < -0.39 is 11.9 Å². The Labute approximate surface area is 220 Å². The van der Waals surface area contributed by atoms with Crippen LogP contribution in [0.2, 0.25) is 5.02 Å². The summed E-state index contributed by atoms with van der Waals surface area (Å²) in [5, 5.41) is 2.90. The monoisotopic (exact) mass is 531 g/mol. The van der Waals surface area contributed by atoms with Gasteiger partial charge in [0.15, 0.2) is 0 Å². The number of carbonyl (C=O) groups is 4. The Kier molecular flexibility index (Phi) is 10.3. The summed E-state index contributed by atoms with van der Waals surface area (Å²) in [6.45, 7) is 2.62.